The van der Waals surface area contributed by atoms with Gasteiger partial charge in [-0.05, 0) is 53.5 Å². The van der Waals surface area contributed by atoms with Gasteiger partial charge >= 0.3 is 6.09 Å². The predicted octanol–water partition coefficient (Wildman–Crippen LogP) is 2.60. The molecule has 0 aliphatic carbocycles. The lowest BCUT2D eigenvalue weighted by Gasteiger charge is -2.33. The molecule has 0 unspecified atom stereocenters. The number of piperidine rings is 1. The molecule has 0 aromatic carbocycles. The van der Waals surface area contributed by atoms with E-state index in [1.54, 1.807) is 4.90 Å². The summed E-state index contributed by atoms with van der Waals surface area (Å²) in [7, 11) is -1.32. The van der Waals surface area contributed by atoms with E-state index < -0.39 is 16.4 Å². The Hall–Kier alpha value is -1.50. The molecule has 0 bridgehead atoms. The van der Waals surface area contributed by atoms with E-state index in [1.165, 1.54) is 0 Å². The second kappa shape index (κ2) is 6.95. The van der Waals surface area contributed by atoms with Crippen LogP contribution in [-0.4, -0.2) is 49.1 Å². The molecule has 23 heavy (non-hydrogen) atoms. The first kappa shape index (κ1) is 17.8. The van der Waals surface area contributed by atoms with Crippen LogP contribution >= 0.6 is 0 Å². The first-order chi connectivity index (χ1) is 10.7. The minimum absolute atomic E-state index is 0.155. The Morgan fingerprint density at radius 2 is 1.91 bits per heavy atom. The molecular formula is C16H25N3O3S. The van der Waals surface area contributed by atoms with E-state index in [9.17, 15) is 9.00 Å². The van der Waals surface area contributed by atoms with Crippen LogP contribution in [0.2, 0.25) is 0 Å². The number of aryl methyl sites for hydroxylation is 2. The van der Waals surface area contributed by atoms with E-state index in [1.807, 2.05) is 40.7 Å². The Balaban J connectivity index is 2.08. The molecule has 0 spiro atoms. The highest BCUT2D eigenvalue weighted by molar-refractivity contribution is 7.85. The highest BCUT2D eigenvalue weighted by atomic mass is 32.2. The number of aromatic nitrogens is 2. The van der Waals surface area contributed by atoms with Crippen LogP contribution < -0.4 is 0 Å². The van der Waals surface area contributed by atoms with Crippen LogP contribution in [0.25, 0.3) is 0 Å². The van der Waals surface area contributed by atoms with Gasteiger partial charge in [-0.15, -0.1) is 0 Å². The molecule has 0 saturated carbocycles. The fourth-order valence-corrected chi connectivity index (χ4v) is 4.00. The first-order valence-electron chi connectivity index (χ1n) is 7.86. The molecule has 1 amide bonds. The summed E-state index contributed by atoms with van der Waals surface area (Å²) < 4.78 is 18.2. The standard InChI is InChI=1S/C16H25N3O3S/c1-11-9-12(2)18-14(17-11)23(21)13-7-6-8-19(10-13)15(20)22-16(3,4)5/h9,13H,6-8,10H2,1-5H3/t13-,23+/m1/s1. The topological polar surface area (TPSA) is 72.4 Å². The molecule has 128 valence electrons. The maximum atomic E-state index is 12.8. The molecule has 0 radical (unpaired) electrons. The normalized spacial score (nSPS) is 20.2. The van der Waals surface area contributed by atoms with Gasteiger partial charge in [0.1, 0.15) is 5.60 Å². The van der Waals surface area contributed by atoms with Crippen LogP contribution in [0.15, 0.2) is 11.2 Å². The summed E-state index contributed by atoms with van der Waals surface area (Å²) in [6.07, 6.45) is 1.25. The molecule has 6 nitrogen and oxygen atoms in total. The van der Waals surface area contributed by atoms with Crippen molar-refractivity contribution in [2.75, 3.05) is 13.1 Å². The number of rotatable bonds is 2. The van der Waals surface area contributed by atoms with Gasteiger partial charge in [-0.1, -0.05) is 0 Å². The number of likely N-dealkylation sites (tertiary alicyclic amines) is 1. The third-order valence-electron chi connectivity index (χ3n) is 3.47. The third kappa shape index (κ3) is 4.99. The second-order valence-corrected chi connectivity index (χ2v) is 8.55. The Morgan fingerprint density at radius 3 is 2.48 bits per heavy atom. The largest absolute Gasteiger partial charge is 0.444 e. The van der Waals surface area contributed by atoms with Gasteiger partial charge in [-0.2, -0.15) is 0 Å². The number of amides is 1. The average molecular weight is 339 g/mol. The quantitative estimate of drug-likeness (QED) is 0.775. The van der Waals surface area contributed by atoms with Crippen molar-refractivity contribution in [1.82, 2.24) is 14.9 Å². The summed E-state index contributed by atoms with van der Waals surface area (Å²) in [5.74, 6) is 0. The van der Waals surface area contributed by atoms with Gasteiger partial charge in [0.15, 0.2) is 0 Å². The highest BCUT2D eigenvalue weighted by Crippen LogP contribution is 2.21. The summed E-state index contributed by atoms with van der Waals surface area (Å²) in [6, 6.07) is 1.86. The van der Waals surface area contributed by atoms with Crippen LogP contribution in [0, 0.1) is 13.8 Å². The van der Waals surface area contributed by atoms with Crippen LogP contribution in [0.4, 0.5) is 4.79 Å². The molecule has 2 heterocycles. The zero-order chi connectivity index (χ0) is 17.2. The molecule has 1 aromatic rings. The second-order valence-electron chi connectivity index (χ2n) is 6.92. The van der Waals surface area contributed by atoms with E-state index >= 15 is 0 Å². The van der Waals surface area contributed by atoms with Crippen LogP contribution in [-0.2, 0) is 15.5 Å². The van der Waals surface area contributed by atoms with Gasteiger partial charge in [-0.25, -0.2) is 14.8 Å². The summed E-state index contributed by atoms with van der Waals surface area (Å²) in [6.45, 7) is 10.3. The Kier molecular flexibility index (Phi) is 5.39. The molecular weight excluding hydrogens is 314 g/mol. The van der Waals surface area contributed by atoms with Crippen molar-refractivity contribution in [3.8, 4) is 0 Å². The Bertz CT molecular complexity index is 593. The van der Waals surface area contributed by atoms with Gasteiger partial charge < -0.3 is 9.64 Å². The third-order valence-corrected chi connectivity index (χ3v) is 5.01. The number of hydrogen-bond acceptors (Lipinski definition) is 5. The number of hydrogen-bond donors (Lipinski definition) is 0. The lowest BCUT2D eigenvalue weighted by molar-refractivity contribution is 0.0219. The van der Waals surface area contributed by atoms with Crippen LogP contribution in [0.3, 0.4) is 0 Å². The molecule has 2 rings (SSSR count). The van der Waals surface area contributed by atoms with Crippen molar-refractivity contribution >= 4 is 16.9 Å². The summed E-state index contributed by atoms with van der Waals surface area (Å²) in [4.78, 5) is 22.4. The van der Waals surface area contributed by atoms with Crippen molar-refractivity contribution in [3.05, 3.63) is 17.5 Å². The number of carbonyl (C=O) groups excluding carboxylic acids is 1. The summed E-state index contributed by atoms with van der Waals surface area (Å²) in [5.41, 5.74) is 1.08. The average Bonchev–Trinajstić information content (AvgIpc) is 2.44. The molecule has 1 aromatic heterocycles. The van der Waals surface area contributed by atoms with Gasteiger partial charge in [0.25, 0.3) is 0 Å². The molecule has 1 aliphatic rings. The van der Waals surface area contributed by atoms with Crippen LogP contribution in [0.5, 0.6) is 0 Å². The Morgan fingerprint density at radius 1 is 1.30 bits per heavy atom. The first-order valence-corrected chi connectivity index (χ1v) is 9.08. The zero-order valence-corrected chi connectivity index (χ0v) is 15.3. The minimum atomic E-state index is -1.32. The Labute approximate surface area is 140 Å². The zero-order valence-electron chi connectivity index (χ0n) is 14.5. The van der Waals surface area contributed by atoms with E-state index in [4.69, 9.17) is 4.74 Å². The van der Waals surface area contributed by atoms with Gasteiger partial charge in [0.2, 0.25) is 5.16 Å². The maximum Gasteiger partial charge on any atom is 0.410 e. The van der Waals surface area contributed by atoms with Gasteiger partial charge in [-0.3, -0.25) is 4.21 Å². The number of nitrogens with zero attached hydrogens (tertiary/aromatic N) is 3. The summed E-state index contributed by atoms with van der Waals surface area (Å²) >= 11 is 0. The van der Waals surface area contributed by atoms with Crippen molar-refractivity contribution in [3.63, 3.8) is 0 Å². The van der Waals surface area contributed by atoms with Crippen molar-refractivity contribution in [2.45, 2.75) is 63.5 Å². The lowest BCUT2D eigenvalue weighted by atomic mass is 10.1. The molecule has 1 saturated heterocycles. The molecule has 1 aliphatic heterocycles. The minimum Gasteiger partial charge on any atom is -0.444 e. The SMILES string of the molecule is Cc1cc(C)nc([S@@](=O)[C@@H]2CCCN(C(=O)OC(C)(C)C)C2)n1. The monoisotopic (exact) mass is 339 g/mol. The van der Waals surface area contributed by atoms with Crippen molar-refractivity contribution in [1.29, 1.82) is 0 Å². The number of ether oxygens (including phenoxy) is 1. The van der Waals surface area contributed by atoms with E-state index in [0.717, 1.165) is 24.2 Å². The summed E-state index contributed by atoms with van der Waals surface area (Å²) in [5, 5.41) is 0.205. The van der Waals surface area contributed by atoms with E-state index in [2.05, 4.69) is 9.97 Å². The molecule has 2 atom stereocenters. The van der Waals surface area contributed by atoms with Crippen molar-refractivity contribution in [2.24, 2.45) is 0 Å². The molecule has 1 fully saturated rings. The number of carbonyl (C=O) groups is 1. The van der Waals surface area contributed by atoms with Gasteiger partial charge in [0, 0.05) is 24.5 Å². The highest BCUT2D eigenvalue weighted by Gasteiger charge is 2.31. The van der Waals surface area contributed by atoms with Crippen LogP contribution in [0.1, 0.15) is 45.0 Å². The van der Waals surface area contributed by atoms with Crippen molar-refractivity contribution < 1.29 is 13.7 Å². The van der Waals surface area contributed by atoms with Gasteiger partial charge in [0.05, 0.1) is 16.0 Å². The molecule has 7 heteroatoms. The van der Waals surface area contributed by atoms with E-state index in [0.29, 0.717) is 18.2 Å². The fraction of sp³-hybridized carbons (Fsp3) is 0.688. The van der Waals surface area contributed by atoms with E-state index in [-0.39, 0.29) is 11.3 Å². The lowest BCUT2D eigenvalue weighted by Crippen LogP contribution is -2.46. The predicted molar refractivity (Wildman–Crippen MR) is 88.7 cm³/mol. The fourth-order valence-electron chi connectivity index (χ4n) is 2.54. The smallest absolute Gasteiger partial charge is 0.410 e. The maximum absolute atomic E-state index is 12.8. The molecule has 0 N–H and O–H groups in total.